The zero-order valence-electron chi connectivity index (χ0n) is 13.7. The summed E-state index contributed by atoms with van der Waals surface area (Å²) in [7, 11) is 0. The van der Waals surface area contributed by atoms with Gasteiger partial charge in [-0.25, -0.2) is 0 Å². The van der Waals surface area contributed by atoms with Crippen molar-refractivity contribution in [1.29, 1.82) is 0 Å². The summed E-state index contributed by atoms with van der Waals surface area (Å²) in [5, 5.41) is 3.75. The highest BCUT2D eigenvalue weighted by atomic mass is 35.5. The molecule has 4 nitrogen and oxygen atoms in total. The van der Waals surface area contributed by atoms with E-state index < -0.39 is 0 Å². The van der Waals surface area contributed by atoms with E-state index in [-0.39, 0.29) is 23.7 Å². The van der Waals surface area contributed by atoms with Crippen LogP contribution in [0.4, 0.5) is 0 Å². The van der Waals surface area contributed by atoms with Crippen molar-refractivity contribution in [3.8, 4) is 0 Å². The van der Waals surface area contributed by atoms with E-state index in [0.717, 1.165) is 47.9 Å². The Labute approximate surface area is 152 Å². The average Bonchev–Trinajstić information content (AvgIpc) is 3.44. The highest BCUT2D eigenvalue weighted by molar-refractivity contribution is 7.99. The Kier molecular flexibility index (Phi) is 6.06. The standard InChI is InChI=1S/C18H23ClN2O2S/c19-15-5-7-16(8-6-15)24-11-9-20-17(22)14-2-1-10-21(12-14)18(23)13-3-4-13/h5-8,13-14H,1-4,9-12H2,(H,20,22). The second-order valence-corrected chi connectivity index (χ2v) is 8.10. The Hall–Kier alpha value is -1.20. The lowest BCUT2D eigenvalue weighted by Gasteiger charge is -2.32. The van der Waals surface area contributed by atoms with Crippen LogP contribution in [-0.4, -0.2) is 42.1 Å². The van der Waals surface area contributed by atoms with Gasteiger partial charge >= 0.3 is 0 Å². The Bertz CT molecular complexity index is 589. The van der Waals surface area contributed by atoms with Crippen LogP contribution in [0.3, 0.4) is 0 Å². The molecule has 1 aliphatic heterocycles. The number of rotatable bonds is 6. The third-order valence-electron chi connectivity index (χ3n) is 4.51. The van der Waals surface area contributed by atoms with Crippen LogP contribution in [0, 0.1) is 11.8 Å². The molecular formula is C18H23ClN2O2S. The monoisotopic (exact) mass is 366 g/mol. The summed E-state index contributed by atoms with van der Waals surface area (Å²) in [5.41, 5.74) is 0. The summed E-state index contributed by atoms with van der Waals surface area (Å²) < 4.78 is 0. The Morgan fingerprint density at radius 1 is 1.17 bits per heavy atom. The van der Waals surface area contributed by atoms with Gasteiger partial charge in [0.1, 0.15) is 0 Å². The van der Waals surface area contributed by atoms with Crippen LogP contribution in [0.25, 0.3) is 0 Å². The Morgan fingerprint density at radius 3 is 2.62 bits per heavy atom. The summed E-state index contributed by atoms with van der Waals surface area (Å²) in [6.45, 7) is 2.04. The number of hydrogen-bond donors (Lipinski definition) is 1. The first-order valence-corrected chi connectivity index (χ1v) is 9.94. The number of thioether (sulfide) groups is 1. The van der Waals surface area contributed by atoms with Gasteiger partial charge in [-0.05, 0) is 49.9 Å². The summed E-state index contributed by atoms with van der Waals surface area (Å²) in [4.78, 5) is 27.5. The van der Waals surface area contributed by atoms with E-state index in [0.29, 0.717) is 13.1 Å². The van der Waals surface area contributed by atoms with Crippen molar-refractivity contribution in [1.82, 2.24) is 10.2 Å². The highest BCUT2D eigenvalue weighted by Gasteiger charge is 2.36. The molecular weight excluding hydrogens is 344 g/mol. The van der Waals surface area contributed by atoms with E-state index in [9.17, 15) is 9.59 Å². The predicted octanol–water partition coefficient (Wildman–Crippen LogP) is 3.20. The third kappa shape index (κ3) is 4.90. The number of carbonyl (C=O) groups excluding carboxylic acids is 2. The number of halogens is 1. The molecule has 6 heteroatoms. The maximum Gasteiger partial charge on any atom is 0.225 e. The van der Waals surface area contributed by atoms with Crippen LogP contribution < -0.4 is 5.32 Å². The Morgan fingerprint density at radius 2 is 1.92 bits per heavy atom. The van der Waals surface area contributed by atoms with Gasteiger partial charge in [0.05, 0.1) is 5.92 Å². The van der Waals surface area contributed by atoms with Crippen molar-refractivity contribution >= 4 is 35.2 Å². The third-order valence-corrected chi connectivity index (χ3v) is 5.78. The van der Waals surface area contributed by atoms with E-state index >= 15 is 0 Å². The number of nitrogens with one attached hydrogen (secondary N) is 1. The maximum atomic E-state index is 12.3. The molecule has 1 unspecified atom stereocenters. The molecule has 0 aromatic heterocycles. The number of likely N-dealkylation sites (tertiary alicyclic amines) is 1. The number of amides is 2. The fourth-order valence-electron chi connectivity index (χ4n) is 3.00. The van der Waals surface area contributed by atoms with Crippen LogP contribution in [0.2, 0.25) is 5.02 Å². The van der Waals surface area contributed by atoms with Gasteiger partial charge in [-0.1, -0.05) is 11.6 Å². The first-order chi connectivity index (χ1) is 11.6. The molecule has 1 aliphatic carbocycles. The van der Waals surface area contributed by atoms with Crippen molar-refractivity contribution in [2.45, 2.75) is 30.6 Å². The number of hydrogen-bond acceptors (Lipinski definition) is 3. The van der Waals surface area contributed by atoms with Crippen molar-refractivity contribution in [2.24, 2.45) is 11.8 Å². The van der Waals surface area contributed by atoms with E-state index in [1.54, 1.807) is 11.8 Å². The van der Waals surface area contributed by atoms with Crippen LogP contribution in [0.15, 0.2) is 29.2 Å². The first kappa shape index (κ1) is 17.6. The van der Waals surface area contributed by atoms with Crippen LogP contribution >= 0.6 is 23.4 Å². The van der Waals surface area contributed by atoms with Gasteiger partial charge in [0, 0.05) is 41.2 Å². The van der Waals surface area contributed by atoms with Gasteiger partial charge in [-0.15, -0.1) is 11.8 Å². The molecule has 130 valence electrons. The molecule has 0 bridgehead atoms. The fourth-order valence-corrected chi connectivity index (χ4v) is 3.89. The minimum atomic E-state index is -0.0537. The molecule has 1 saturated carbocycles. The lowest BCUT2D eigenvalue weighted by atomic mass is 9.97. The maximum absolute atomic E-state index is 12.3. The lowest BCUT2D eigenvalue weighted by molar-refractivity contribution is -0.136. The molecule has 3 rings (SSSR count). The summed E-state index contributed by atoms with van der Waals surface area (Å²) in [5.74, 6) is 1.35. The first-order valence-electron chi connectivity index (χ1n) is 8.58. The number of carbonyl (C=O) groups is 2. The van der Waals surface area contributed by atoms with E-state index in [2.05, 4.69) is 5.32 Å². The van der Waals surface area contributed by atoms with E-state index in [1.165, 1.54) is 0 Å². The quantitative estimate of drug-likeness (QED) is 0.621. The summed E-state index contributed by atoms with van der Waals surface area (Å²) in [6, 6.07) is 7.71. The number of benzene rings is 1. The zero-order chi connectivity index (χ0) is 16.9. The molecule has 1 atom stereocenters. The molecule has 0 spiro atoms. The van der Waals surface area contributed by atoms with Gasteiger partial charge in [0.25, 0.3) is 0 Å². The molecule has 24 heavy (non-hydrogen) atoms. The van der Waals surface area contributed by atoms with Crippen molar-refractivity contribution in [2.75, 3.05) is 25.4 Å². The van der Waals surface area contributed by atoms with Gasteiger partial charge in [0.2, 0.25) is 11.8 Å². The fraction of sp³-hybridized carbons (Fsp3) is 0.556. The highest BCUT2D eigenvalue weighted by Crippen LogP contribution is 2.32. The van der Waals surface area contributed by atoms with Crippen LogP contribution in [0.1, 0.15) is 25.7 Å². The molecule has 1 N–H and O–H groups in total. The molecule has 1 aromatic rings. The molecule has 1 aromatic carbocycles. The lowest BCUT2D eigenvalue weighted by Crippen LogP contribution is -2.46. The van der Waals surface area contributed by atoms with Crippen LogP contribution in [0.5, 0.6) is 0 Å². The van der Waals surface area contributed by atoms with Crippen molar-refractivity contribution in [3.05, 3.63) is 29.3 Å². The van der Waals surface area contributed by atoms with Crippen LogP contribution in [-0.2, 0) is 9.59 Å². The minimum absolute atomic E-state index is 0.0537. The largest absolute Gasteiger partial charge is 0.355 e. The number of nitrogens with zero attached hydrogens (tertiary/aromatic N) is 1. The molecule has 0 radical (unpaired) electrons. The van der Waals surface area contributed by atoms with Gasteiger partial charge in [-0.2, -0.15) is 0 Å². The van der Waals surface area contributed by atoms with Gasteiger partial charge in [-0.3, -0.25) is 9.59 Å². The predicted molar refractivity (Wildman–Crippen MR) is 97.2 cm³/mol. The SMILES string of the molecule is O=C(NCCSc1ccc(Cl)cc1)C1CCCN(C(=O)C2CC2)C1. The minimum Gasteiger partial charge on any atom is -0.355 e. The summed E-state index contributed by atoms with van der Waals surface area (Å²) >= 11 is 7.56. The van der Waals surface area contributed by atoms with E-state index in [1.807, 2.05) is 29.2 Å². The molecule has 1 saturated heterocycles. The zero-order valence-corrected chi connectivity index (χ0v) is 15.2. The van der Waals surface area contributed by atoms with Crippen molar-refractivity contribution in [3.63, 3.8) is 0 Å². The number of piperidine rings is 1. The topological polar surface area (TPSA) is 49.4 Å². The second-order valence-electron chi connectivity index (χ2n) is 6.49. The second kappa shape index (κ2) is 8.26. The average molecular weight is 367 g/mol. The summed E-state index contributed by atoms with van der Waals surface area (Å²) in [6.07, 6.45) is 3.85. The normalized spacial score (nSPS) is 20.7. The Balaban J connectivity index is 1.38. The van der Waals surface area contributed by atoms with Gasteiger partial charge in [0.15, 0.2) is 0 Å². The van der Waals surface area contributed by atoms with Crippen molar-refractivity contribution < 1.29 is 9.59 Å². The van der Waals surface area contributed by atoms with E-state index in [4.69, 9.17) is 11.6 Å². The van der Waals surface area contributed by atoms with Gasteiger partial charge < -0.3 is 10.2 Å². The molecule has 2 amide bonds. The molecule has 2 aliphatic rings. The molecule has 2 fully saturated rings. The molecule has 1 heterocycles. The smallest absolute Gasteiger partial charge is 0.225 e.